The quantitative estimate of drug-likeness (QED) is 0.157. The van der Waals surface area contributed by atoms with E-state index in [-0.39, 0.29) is 17.5 Å². The highest BCUT2D eigenvalue weighted by molar-refractivity contribution is 7.00. The van der Waals surface area contributed by atoms with Gasteiger partial charge in [0.15, 0.2) is 0 Å². The minimum absolute atomic E-state index is 0.0254. The van der Waals surface area contributed by atoms with Crippen LogP contribution < -0.4 is 16.4 Å². The number of imidazole rings is 2. The van der Waals surface area contributed by atoms with Gasteiger partial charge >= 0.3 is 0 Å². The second kappa shape index (κ2) is 13.4. The van der Waals surface area contributed by atoms with E-state index in [4.69, 9.17) is 0 Å². The van der Waals surface area contributed by atoms with E-state index < -0.39 is 0 Å². The molecule has 0 atom stereocenters. The molecule has 338 valence electrons. The van der Waals surface area contributed by atoms with Crippen molar-refractivity contribution >= 4 is 121 Å². The number of nitrogens with zero attached hydrogens (tertiary/aromatic N) is 4. The van der Waals surface area contributed by atoms with Gasteiger partial charge in [0.1, 0.15) is 11.3 Å². The Kier molecular flexibility index (Phi) is 7.53. The van der Waals surface area contributed by atoms with Crippen molar-refractivity contribution in [3.8, 4) is 22.5 Å². The van der Waals surface area contributed by atoms with Crippen LogP contribution in [0.1, 0.15) is 52.7 Å². The molecule has 0 fully saturated rings. The summed E-state index contributed by atoms with van der Waals surface area (Å²) in [5.74, 6) is 0. The molecule has 6 heterocycles. The molecule has 0 bridgehead atoms. The van der Waals surface area contributed by atoms with Crippen LogP contribution in [0.3, 0.4) is 0 Å². The number of benzene rings is 10. The molecule has 2 aliphatic heterocycles. The van der Waals surface area contributed by atoms with E-state index in [9.17, 15) is 0 Å². The first-order valence-corrected chi connectivity index (χ1v) is 25.6. The third-order valence-electron chi connectivity index (χ3n) is 16.3. The first-order chi connectivity index (χ1) is 34.5. The first-order valence-electron chi connectivity index (χ1n) is 25.6. The van der Waals surface area contributed by atoms with Gasteiger partial charge in [-0.2, -0.15) is 0 Å². The van der Waals surface area contributed by atoms with Gasteiger partial charge in [0, 0.05) is 54.8 Å². The molecule has 0 N–H and O–H groups in total. The highest BCUT2D eigenvalue weighted by Crippen LogP contribution is 2.48. The van der Waals surface area contributed by atoms with E-state index >= 15 is 0 Å². The lowest BCUT2D eigenvalue weighted by atomic mass is 9.34. The molecule has 5 heteroatoms. The third-order valence-corrected chi connectivity index (χ3v) is 16.3. The van der Waals surface area contributed by atoms with Crippen LogP contribution in [0, 0.1) is 10.8 Å². The molecule has 0 aliphatic carbocycles. The molecule has 71 heavy (non-hydrogen) atoms. The van der Waals surface area contributed by atoms with Crippen molar-refractivity contribution < 1.29 is 0 Å². The van der Waals surface area contributed by atoms with E-state index in [2.05, 4.69) is 235 Å². The van der Waals surface area contributed by atoms with Crippen molar-refractivity contribution in [2.75, 3.05) is 0 Å². The van der Waals surface area contributed by atoms with E-state index in [1.165, 1.54) is 148 Å². The molecule has 4 nitrogen and oxygen atoms in total. The minimum atomic E-state index is -0.0357. The Morgan fingerprint density at radius 1 is 0.352 bits per heavy atom. The molecule has 4 aromatic heterocycles. The largest absolute Gasteiger partial charge is 0.295 e. The molecule has 0 saturated heterocycles. The van der Waals surface area contributed by atoms with Crippen molar-refractivity contribution in [3.63, 3.8) is 0 Å². The summed E-state index contributed by atoms with van der Waals surface area (Å²) in [5.41, 5.74) is 22.4. The number of aromatic nitrogens is 4. The summed E-state index contributed by atoms with van der Waals surface area (Å²) >= 11 is 0. The van der Waals surface area contributed by atoms with Crippen LogP contribution in [-0.4, -0.2) is 24.6 Å². The van der Waals surface area contributed by atoms with E-state index in [1.54, 1.807) is 0 Å². The Balaban J connectivity index is 1.20. The molecular weight excluding hydrogens is 860 g/mol. The Morgan fingerprint density at radius 3 is 1.18 bits per heavy atom. The Morgan fingerprint density at radius 2 is 0.746 bits per heavy atom. The second-order valence-corrected chi connectivity index (χ2v) is 23.3. The van der Waals surface area contributed by atoms with E-state index in [0.29, 0.717) is 0 Å². The predicted molar refractivity (Wildman–Crippen MR) is 303 cm³/mol. The zero-order chi connectivity index (χ0) is 47.4. The highest BCUT2D eigenvalue weighted by Gasteiger charge is 2.44. The van der Waals surface area contributed by atoms with Gasteiger partial charge in [-0.3, -0.25) is 17.9 Å². The summed E-state index contributed by atoms with van der Waals surface area (Å²) in [7, 11) is 0. The topological polar surface area (TPSA) is 18.7 Å². The maximum Gasteiger partial charge on any atom is 0.252 e. The van der Waals surface area contributed by atoms with Gasteiger partial charge < -0.3 is 0 Å². The molecule has 0 radical (unpaired) electrons. The van der Waals surface area contributed by atoms with Crippen LogP contribution in [0.4, 0.5) is 0 Å². The van der Waals surface area contributed by atoms with Gasteiger partial charge in [0.05, 0.1) is 33.1 Å². The standard InChI is InChI=1S/C66H51BN4/c1-65(2,3)36-50-48-30-28-39-20-10-14-24-44(39)57(48)70-59-46-26-16-12-22-41(46)32-52-61(59)68(63(50)70)54-34-43(38-18-8-7-9-19-38)35-55-56(54)67(52)53-33-42-23-13-17-27-47(42)60-62(53)69(55)64-51(37-66(4,5)6)49-31-29-40-21-11-15-25-45(40)58(49)71(60)64/h7-35H,36-37H2,1-6H3. The number of hydrogen-bond donors (Lipinski definition) is 0. The summed E-state index contributed by atoms with van der Waals surface area (Å²) < 4.78 is 10.9. The van der Waals surface area contributed by atoms with Crippen molar-refractivity contribution in [3.05, 3.63) is 187 Å². The molecule has 2 aliphatic rings. The SMILES string of the molecule is CC(C)(C)Cc1c2ccc3ccccc3c2n2c3c4ccccc4cc4c3n(c12)-c1cc(-c2ccccc2)cc2c1B4c1cc3ccccc3c3c1n-2c1c(CC(C)(C)C)c2ccc4ccccc4c2n31. The summed E-state index contributed by atoms with van der Waals surface area (Å²) in [5, 5.41) is 12.9. The van der Waals surface area contributed by atoms with Gasteiger partial charge in [-0.05, 0) is 84.9 Å². The predicted octanol–water partition coefficient (Wildman–Crippen LogP) is 15.0. The second-order valence-electron chi connectivity index (χ2n) is 23.3. The molecular formula is C66H51BN4. The van der Waals surface area contributed by atoms with Crippen LogP contribution >= 0.6 is 0 Å². The maximum absolute atomic E-state index is 2.75. The van der Waals surface area contributed by atoms with Crippen LogP contribution in [0.25, 0.3) is 121 Å². The number of rotatable bonds is 3. The molecule has 0 saturated carbocycles. The molecule has 0 unspecified atom stereocenters. The average Bonchev–Trinajstić information content (AvgIpc) is 4.10. The van der Waals surface area contributed by atoms with Gasteiger partial charge in [-0.1, -0.05) is 205 Å². The lowest BCUT2D eigenvalue weighted by Gasteiger charge is -2.34. The fourth-order valence-electron chi connectivity index (χ4n) is 13.8. The minimum Gasteiger partial charge on any atom is -0.295 e. The van der Waals surface area contributed by atoms with Crippen LogP contribution in [0.15, 0.2) is 176 Å². The monoisotopic (exact) mass is 910 g/mol. The summed E-state index contributed by atoms with van der Waals surface area (Å²) in [6, 6.07) is 67.4. The smallest absolute Gasteiger partial charge is 0.252 e. The zero-order valence-corrected chi connectivity index (χ0v) is 41.0. The van der Waals surface area contributed by atoms with Crippen molar-refractivity contribution in [2.24, 2.45) is 10.8 Å². The van der Waals surface area contributed by atoms with Crippen LogP contribution in [0.2, 0.25) is 0 Å². The van der Waals surface area contributed by atoms with E-state index in [0.717, 1.165) is 12.8 Å². The van der Waals surface area contributed by atoms with Crippen molar-refractivity contribution in [1.29, 1.82) is 0 Å². The van der Waals surface area contributed by atoms with Crippen LogP contribution in [-0.2, 0) is 12.8 Å². The highest BCUT2D eigenvalue weighted by atomic mass is 15.2. The fourth-order valence-corrected chi connectivity index (χ4v) is 13.8. The molecule has 14 aromatic rings. The first kappa shape index (κ1) is 39.8. The van der Waals surface area contributed by atoms with E-state index in [1.807, 2.05) is 0 Å². The lowest BCUT2D eigenvalue weighted by Crippen LogP contribution is -2.59. The summed E-state index contributed by atoms with van der Waals surface area (Å²) in [4.78, 5) is 0. The van der Waals surface area contributed by atoms with Gasteiger partial charge in [-0.15, -0.1) is 0 Å². The molecule has 16 rings (SSSR count). The molecule has 10 aromatic carbocycles. The lowest BCUT2D eigenvalue weighted by molar-refractivity contribution is 0.413. The number of hydrogen-bond acceptors (Lipinski definition) is 0. The van der Waals surface area contributed by atoms with Crippen molar-refractivity contribution in [2.45, 2.75) is 54.4 Å². The maximum atomic E-state index is 2.75. The van der Waals surface area contributed by atoms with Crippen LogP contribution in [0.5, 0.6) is 0 Å². The fraction of sp³-hybridized carbons (Fsp3) is 0.152. The third kappa shape index (κ3) is 5.16. The Labute approximate surface area is 412 Å². The summed E-state index contributed by atoms with van der Waals surface area (Å²) in [6.07, 6.45) is 1.86. The number of fused-ring (bicyclic) bond motifs is 22. The Hall–Kier alpha value is -8.02. The molecule has 0 amide bonds. The average molecular weight is 911 g/mol. The Bertz CT molecular complexity index is 4440. The zero-order valence-electron chi connectivity index (χ0n) is 41.0. The van der Waals surface area contributed by atoms with Gasteiger partial charge in [-0.25, -0.2) is 0 Å². The normalized spacial score (nSPS) is 13.6. The molecule has 0 spiro atoms. The van der Waals surface area contributed by atoms with Crippen molar-refractivity contribution in [1.82, 2.24) is 17.9 Å². The summed E-state index contributed by atoms with van der Waals surface area (Å²) in [6.45, 7) is 14.4. The van der Waals surface area contributed by atoms with Gasteiger partial charge in [0.25, 0.3) is 6.71 Å². The van der Waals surface area contributed by atoms with Gasteiger partial charge in [0.2, 0.25) is 0 Å².